The maximum atomic E-state index is 11.3. The van der Waals surface area contributed by atoms with E-state index in [0.29, 0.717) is 21.7 Å². The van der Waals surface area contributed by atoms with Gasteiger partial charge in [0.05, 0.1) is 28.1 Å². The van der Waals surface area contributed by atoms with Gasteiger partial charge in [-0.3, -0.25) is 9.59 Å². The summed E-state index contributed by atoms with van der Waals surface area (Å²) in [4.78, 5) is 31.3. The Kier molecular flexibility index (Phi) is 2.31. The van der Waals surface area contributed by atoms with Crippen molar-refractivity contribution in [2.24, 2.45) is 0 Å². The van der Waals surface area contributed by atoms with E-state index in [9.17, 15) is 9.59 Å². The van der Waals surface area contributed by atoms with Gasteiger partial charge in [0.2, 0.25) is 0 Å². The zero-order valence-electron chi connectivity index (χ0n) is 8.98. The molecule has 0 amide bonds. The maximum Gasteiger partial charge on any atom is 0.314 e. The predicted molar refractivity (Wildman–Crippen MR) is 67.3 cm³/mol. The van der Waals surface area contributed by atoms with Crippen LogP contribution in [0.1, 0.15) is 0 Å². The molecule has 0 spiro atoms. The quantitative estimate of drug-likeness (QED) is 0.643. The molecule has 1 aromatic carbocycles. The van der Waals surface area contributed by atoms with Gasteiger partial charge in [0, 0.05) is 12.4 Å². The molecule has 90 valence electrons. The predicted octanol–water partition coefficient (Wildman–Crippen LogP) is 1.06. The molecule has 3 aromatic rings. The highest BCUT2D eigenvalue weighted by molar-refractivity contribution is 6.33. The number of fused-ring (bicyclic) bond motifs is 1. The van der Waals surface area contributed by atoms with Gasteiger partial charge in [0.15, 0.2) is 0 Å². The average molecular weight is 263 g/mol. The molecule has 0 aliphatic rings. The van der Waals surface area contributed by atoms with Crippen molar-refractivity contribution >= 4 is 22.6 Å². The van der Waals surface area contributed by atoms with Gasteiger partial charge in [0.25, 0.3) is 0 Å². The zero-order chi connectivity index (χ0) is 12.7. The third-order valence-electron chi connectivity index (χ3n) is 2.57. The van der Waals surface area contributed by atoms with Crippen LogP contribution in [0, 0.1) is 0 Å². The number of nitrogens with zero attached hydrogens (tertiary/aromatic N) is 2. The Morgan fingerprint density at radius 1 is 1.11 bits per heavy atom. The number of benzene rings is 1. The van der Waals surface area contributed by atoms with Gasteiger partial charge in [0.1, 0.15) is 0 Å². The minimum Gasteiger partial charge on any atom is -0.316 e. The van der Waals surface area contributed by atoms with E-state index in [1.165, 1.54) is 0 Å². The molecule has 0 unspecified atom stereocenters. The van der Waals surface area contributed by atoms with Gasteiger partial charge in [-0.15, -0.1) is 0 Å². The van der Waals surface area contributed by atoms with Crippen molar-refractivity contribution in [3.05, 3.63) is 56.6 Å². The molecular weight excluding hydrogens is 256 g/mol. The fourth-order valence-corrected chi connectivity index (χ4v) is 1.99. The molecule has 0 aliphatic heterocycles. The number of H-pyrrole nitrogens is 2. The number of imidazole rings is 1. The molecule has 6 nitrogen and oxygen atoms in total. The summed E-state index contributed by atoms with van der Waals surface area (Å²) in [6.07, 6.45) is 4.95. The molecule has 2 heterocycles. The summed E-state index contributed by atoms with van der Waals surface area (Å²) < 4.78 is 1.71. The van der Waals surface area contributed by atoms with Crippen molar-refractivity contribution in [1.82, 2.24) is 19.5 Å². The SMILES string of the molecule is O=c1[nH]c2cc(Cl)c(-n3ccnc3)cc2[nH]c1=O. The van der Waals surface area contributed by atoms with Crippen molar-refractivity contribution in [2.45, 2.75) is 0 Å². The van der Waals surface area contributed by atoms with Crippen molar-refractivity contribution in [3.63, 3.8) is 0 Å². The number of halogens is 1. The van der Waals surface area contributed by atoms with Gasteiger partial charge < -0.3 is 14.5 Å². The summed E-state index contributed by atoms with van der Waals surface area (Å²) in [6, 6.07) is 3.26. The fourth-order valence-electron chi connectivity index (χ4n) is 1.73. The Bertz CT molecular complexity index is 832. The second-order valence-electron chi connectivity index (χ2n) is 3.73. The first-order valence-corrected chi connectivity index (χ1v) is 5.47. The summed E-state index contributed by atoms with van der Waals surface area (Å²) in [7, 11) is 0. The Balaban J connectivity index is 2.37. The van der Waals surface area contributed by atoms with Crippen LogP contribution in [0.15, 0.2) is 40.4 Å². The standard InChI is InChI=1S/C11H7ClN4O2/c12-6-3-7-8(15-11(18)10(17)14-7)4-9(6)16-2-1-13-5-16/h1-5H,(H,14,17)(H,15,18). The molecular formula is C11H7ClN4O2. The summed E-state index contributed by atoms with van der Waals surface area (Å²) in [5.41, 5.74) is 0.265. The molecule has 0 radical (unpaired) electrons. The first-order valence-electron chi connectivity index (χ1n) is 5.09. The molecule has 0 aliphatic carbocycles. The van der Waals surface area contributed by atoms with Crippen LogP contribution in [-0.4, -0.2) is 19.5 Å². The van der Waals surface area contributed by atoms with E-state index >= 15 is 0 Å². The molecule has 0 atom stereocenters. The number of aromatic nitrogens is 4. The van der Waals surface area contributed by atoms with Crippen LogP contribution in [-0.2, 0) is 0 Å². The Morgan fingerprint density at radius 2 is 1.78 bits per heavy atom. The largest absolute Gasteiger partial charge is 0.316 e. The molecule has 3 rings (SSSR count). The van der Waals surface area contributed by atoms with Crippen LogP contribution in [0.3, 0.4) is 0 Å². The number of aromatic amines is 2. The minimum absolute atomic E-state index is 0.447. The lowest BCUT2D eigenvalue weighted by Gasteiger charge is -2.06. The summed E-state index contributed by atoms with van der Waals surface area (Å²) in [5, 5.41) is 0.447. The van der Waals surface area contributed by atoms with E-state index in [4.69, 9.17) is 11.6 Å². The van der Waals surface area contributed by atoms with E-state index in [-0.39, 0.29) is 0 Å². The van der Waals surface area contributed by atoms with Gasteiger partial charge in [-0.25, -0.2) is 4.98 Å². The maximum absolute atomic E-state index is 11.3. The number of nitrogens with one attached hydrogen (secondary N) is 2. The van der Waals surface area contributed by atoms with E-state index < -0.39 is 11.1 Å². The monoisotopic (exact) mass is 262 g/mol. The fraction of sp³-hybridized carbons (Fsp3) is 0. The third-order valence-corrected chi connectivity index (χ3v) is 2.87. The Hall–Kier alpha value is -2.34. The lowest BCUT2D eigenvalue weighted by atomic mass is 10.2. The molecule has 0 fully saturated rings. The minimum atomic E-state index is -0.700. The number of rotatable bonds is 1. The third kappa shape index (κ3) is 1.63. The first kappa shape index (κ1) is 10.8. The van der Waals surface area contributed by atoms with Gasteiger partial charge in [-0.1, -0.05) is 11.6 Å². The topological polar surface area (TPSA) is 83.5 Å². The van der Waals surface area contributed by atoms with Crippen LogP contribution < -0.4 is 11.1 Å². The van der Waals surface area contributed by atoms with Crippen molar-refractivity contribution in [1.29, 1.82) is 0 Å². The van der Waals surface area contributed by atoms with Crippen molar-refractivity contribution in [2.75, 3.05) is 0 Å². The Morgan fingerprint density at radius 3 is 2.39 bits per heavy atom. The van der Waals surface area contributed by atoms with E-state index in [1.54, 1.807) is 35.4 Å². The van der Waals surface area contributed by atoms with Crippen molar-refractivity contribution < 1.29 is 0 Å². The van der Waals surface area contributed by atoms with E-state index in [0.717, 1.165) is 0 Å². The van der Waals surface area contributed by atoms with Gasteiger partial charge in [-0.2, -0.15) is 0 Å². The van der Waals surface area contributed by atoms with Crippen LogP contribution in [0.5, 0.6) is 0 Å². The molecule has 2 N–H and O–H groups in total. The summed E-state index contributed by atoms with van der Waals surface area (Å²) in [6.45, 7) is 0. The number of hydrogen-bond acceptors (Lipinski definition) is 3. The second kappa shape index (κ2) is 3.85. The highest BCUT2D eigenvalue weighted by Gasteiger charge is 2.07. The highest BCUT2D eigenvalue weighted by Crippen LogP contribution is 2.23. The normalized spacial score (nSPS) is 10.9. The number of hydrogen-bond donors (Lipinski definition) is 2. The van der Waals surface area contributed by atoms with Crippen molar-refractivity contribution in [3.8, 4) is 5.69 Å². The smallest absolute Gasteiger partial charge is 0.314 e. The van der Waals surface area contributed by atoms with Crippen LogP contribution >= 0.6 is 11.6 Å². The average Bonchev–Trinajstić information content (AvgIpc) is 2.84. The second-order valence-corrected chi connectivity index (χ2v) is 4.13. The molecule has 18 heavy (non-hydrogen) atoms. The lowest BCUT2D eigenvalue weighted by Crippen LogP contribution is -2.28. The van der Waals surface area contributed by atoms with E-state index in [2.05, 4.69) is 15.0 Å². The lowest BCUT2D eigenvalue weighted by molar-refractivity contribution is 1.05. The Labute approximate surface area is 105 Å². The molecule has 0 bridgehead atoms. The molecule has 7 heteroatoms. The molecule has 0 saturated heterocycles. The summed E-state index contributed by atoms with van der Waals surface area (Å²) >= 11 is 6.12. The van der Waals surface area contributed by atoms with Crippen LogP contribution in [0.25, 0.3) is 16.7 Å². The van der Waals surface area contributed by atoms with Crippen LogP contribution in [0.4, 0.5) is 0 Å². The van der Waals surface area contributed by atoms with Crippen LogP contribution in [0.2, 0.25) is 5.02 Å². The van der Waals surface area contributed by atoms with Gasteiger partial charge in [-0.05, 0) is 12.1 Å². The van der Waals surface area contributed by atoms with Gasteiger partial charge >= 0.3 is 11.1 Å². The highest BCUT2D eigenvalue weighted by atomic mass is 35.5. The molecule has 2 aromatic heterocycles. The zero-order valence-corrected chi connectivity index (χ0v) is 9.73. The first-order chi connectivity index (χ1) is 8.65. The molecule has 0 saturated carbocycles. The van der Waals surface area contributed by atoms with E-state index in [1.807, 2.05) is 0 Å². The summed E-state index contributed by atoms with van der Waals surface area (Å²) in [5.74, 6) is 0.